The topological polar surface area (TPSA) is 63.4 Å². The predicted molar refractivity (Wildman–Crippen MR) is 82.7 cm³/mol. The Labute approximate surface area is 129 Å². The number of nitrogen functional groups attached to an aromatic ring is 1. The molecule has 1 saturated heterocycles. The minimum absolute atomic E-state index is 0.0378. The van der Waals surface area contributed by atoms with Crippen LogP contribution in [0.5, 0.6) is 0 Å². The van der Waals surface area contributed by atoms with Gasteiger partial charge in [-0.2, -0.15) is 4.31 Å². The SMILES string of the molecule is CC1CCCC(C)N1S(=O)(=O)c1c(N)cc(Cl)cc1Cl. The number of sulfonamides is 1. The van der Waals surface area contributed by atoms with Gasteiger partial charge in [0.05, 0.1) is 10.7 Å². The predicted octanol–water partition coefficient (Wildman–Crippen LogP) is 3.53. The van der Waals surface area contributed by atoms with E-state index in [0.717, 1.165) is 19.3 Å². The highest BCUT2D eigenvalue weighted by Crippen LogP contribution is 2.37. The van der Waals surface area contributed by atoms with Crippen molar-refractivity contribution in [2.24, 2.45) is 0 Å². The molecule has 1 heterocycles. The molecule has 1 aliphatic heterocycles. The number of rotatable bonds is 2. The van der Waals surface area contributed by atoms with E-state index in [1.165, 1.54) is 16.4 Å². The summed E-state index contributed by atoms with van der Waals surface area (Å²) in [5, 5.41) is 0.395. The Hall–Kier alpha value is -0.490. The zero-order valence-electron chi connectivity index (χ0n) is 11.4. The van der Waals surface area contributed by atoms with E-state index in [-0.39, 0.29) is 27.7 Å². The molecule has 0 aliphatic carbocycles. The Morgan fingerprint density at radius 3 is 2.25 bits per heavy atom. The van der Waals surface area contributed by atoms with Crippen molar-refractivity contribution in [1.82, 2.24) is 4.31 Å². The third kappa shape index (κ3) is 2.77. The molecular weight excluding hydrogens is 319 g/mol. The highest BCUT2D eigenvalue weighted by atomic mass is 35.5. The molecule has 0 aromatic heterocycles. The monoisotopic (exact) mass is 336 g/mol. The van der Waals surface area contributed by atoms with Gasteiger partial charge in [0.1, 0.15) is 4.90 Å². The number of anilines is 1. The molecule has 2 atom stereocenters. The Kier molecular flexibility index (Phi) is 4.54. The minimum atomic E-state index is -3.72. The molecule has 0 radical (unpaired) electrons. The van der Waals surface area contributed by atoms with Crippen LogP contribution in [0.4, 0.5) is 5.69 Å². The van der Waals surface area contributed by atoms with Crippen LogP contribution < -0.4 is 5.73 Å². The molecule has 1 aromatic rings. The van der Waals surface area contributed by atoms with Gasteiger partial charge < -0.3 is 5.73 Å². The van der Waals surface area contributed by atoms with E-state index in [1.807, 2.05) is 13.8 Å². The lowest BCUT2D eigenvalue weighted by Gasteiger charge is -2.38. The largest absolute Gasteiger partial charge is 0.398 e. The molecule has 1 aromatic carbocycles. The second-order valence-corrected chi connectivity index (χ2v) is 7.89. The van der Waals surface area contributed by atoms with E-state index < -0.39 is 10.0 Å². The highest BCUT2D eigenvalue weighted by Gasteiger charge is 2.37. The average Bonchev–Trinajstić information content (AvgIpc) is 2.25. The summed E-state index contributed by atoms with van der Waals surface area (Å²) in [7, 11) is -3.72. The Morgan fingerprint density at radius 1 is 1.20 bits per heavy atom. The first-order chi connectivity index (χ1) is 9.25. The van der Waals surface area contributed by atoms with E-state index in [2.05, 4.69) is 0 Å². The van der Waals surface area contributed by atoms with Gasteiger partial charge in [-0.3, -0.25) is 0 Å². The summed E-state index contributed by atoms with van der Waals surface area (Å²) < 4.78 is 27.3. The number of nitrogens with zero attached hydrogens (tertiary/aromatic N) is 1. The van der Waals surface area contributed by atoms with Crippen LogP contribution in [0.15, 0.2) is 17.0 Å². The van der Waals surface area contributed by atoms with Crippen LogP contribution in [0.1, 0.15) is 33.1 Å². The number of nitrogens with two attached hydrogens (primary N) is 1. The molecule has 1 fully saturated rings. The highest BCUT2D eigenvalue weighted by molar-refractivity contribution is 7.89. The normalized spacial score (nSPS) is 24.8. The maximum atomic E-state index is 12.9. The van der Waals surface area contributed by atoms with E-state index in [4.69, 9.17) is 28.9 Å². The lowest BCUT2D eigenvalue weighted by atomic mass is 10.0. The number of hydrogen-bond acceptors (Lipinski definition) is 3. The Morgan fingerprint density at radius 2 is 1.75 bits per heavy atom. The fourth-order valence-electron chi connectivity index (χ4n) is 2.83. The van der Waals surface area contributed by atoms with E-state index in [9.17, 15) is 8.42 Å². The van der Waals surface area contributed by atoms with Crippen molar-refractivity contribution in [1.29, 1.82) is 0 Å². The number of benzene rings is 1. The van der Waals surface area contributed by atoms with Gasteiger partial charge >= 0.3 is 0 Å². The first kappa shape index (κ1) is 15.9. The number of halogens is 2. The van der Waals surface area contributed by atoms with Crippen molar-refractivity contribution in [2.45, 2.75) is 50.1 Å². The molecule has 2 unspecified atom stereocenters. The first-order valence-electron chi connectivity index (χ1n) is 6.53. The molecule has 112 valence electrons. The number of piperidine rings is 1. The van der Waals surface area contributed by atoms with Crippen LogP contribution >= 0.6 is 23.2 Å². The average molecular weight is 337 g/mol. The lowest BCUT2D eigenvalue weighted by molar-refractivity contribution is 0.204. The van der Waals surface area contributed by atoms with Crippen LogP contribution in [0.25, 0.3) is 0 Å². The smallest absolute Gasteiger partial charge is 0.247 e. The van der Waals surface area contributed by atoms with Gasteiger partial charge in [0, 0.05) is 17.1 Å². The molecule has 0 saturated carbocycles. The van der Waals surface area contributed by atoms with Crippen molar-refractivity contribution in [2.75, 3.05) is 5.73 Å². The Balaban J connectivity index is 2.55. The van der Waals surface area contributed by atoms with Crippen LogP contribution in [0, 0.1) is 0 Å². The Bertz CT molecular complexity index is 586. The van der Waals surface area contributed by atoms with Gasteiger partial charge in [-0.05, 0) is 38.8 Å². The van der Waals surface area contributed by atoms with Gasteiger partial charge in [0.2, 0.25) is 10.0 Å². The molecule has 20 heavy (non-hydrogen) atoms. The van der Waals surface area contributed by atoms with E-state index in [0.29, 0.717) is 5.02 Å². The van der Waals surface area contributed by atoms with Crippen molar-refractivity contribution < 1.29 is 8.42 Å². The molecule has 0 spiro atoms. The fourth-order valence-corrected chi connectivity index (χ4v) is 5.66. The van der Waals surface area contributed by atoms with Crippen molar-refractivity contribution in [3.05, 3.63) is 22.2 Å². The summed E-state index contributed by atoms with van der Waals surface area (Å²) >= 11 is 11.9. The van der Waals surface area contributed by atoms with Gasteiger partial charge in [-0.25, -0.2) is 8.42 Å². The van der Waals surface area contributed by atoms with Crippen molar-refractivity contribution >= 4 is 38.9 Å². The van der Waals surface area contributed by atoms with Gasteiger partial charge in [0.15, 0.2) is 0 Å². The van der Waals surface area contributed by atoms with Gasteiger partial charge in [-0.15, -0.1) is 0 Å². The summed E-state index contributed by atoms with van der Waals surface area (Å²) in [6, 6.07) is 2.70. The molecule has 0 bridgehead atoms. The molecule has 0 amide bonds. The van der Waals surface area contributed by atoms with Crippen molar-refractivity contribution in [3.8, 4) is 0 Å². The lowest BCUT2D eigenvalue weighted by Crippen LogP contribution is -2.47. The van der Waals surface area contributed by atoms with Crippen LogP contribution in [-0.2, 0) is 10.0 Å². The summed E-state index contributed by atoms with van der Waals surface area (Å²) in [6.45, 7) is 3.82. The molecule has 4 nitrogen and oxygen atoms in total. The van der Waals surface area contributed by atoms with E-state index >= 15 is 0 Å². The summed E-state index contributed by atoms with van der Waals surface area (Å²) in [5.74, 6) is 0. The molecular formula is C13H18Cl2N2O2S. The molecule has 1 aliphatic rings. The third-order valence-corrected chi connectivity index (χ3v) is 6.56. The second-order valence-electron chi connectivity index (χ2n) is 5.27. The maximum absolute atomic E-state index is 12.9. The van der Waals surface area contributed by atoms with Crippen LogP contribution in [-0.4, -0.2) is 24.8 Å². The van der Waals surface area contributed by atoms with E-state index in [1.54, 1.807) is 0 Å². The molecule has 7 heteroatoms. The minimum Gasteiger partial charge on any atom is -0.398 e. The zero-order valence-corrected chi connectivity index (χ0v) is 13.8. The van der Waals surface area contributed by atoms with Crippen molar-refractivity contribution in [3.63, 3.8) is 0 Å². The summed E-state index contributed by atoms with van der Waals surface area (Å²) in [5.41, 5.74) is 5.92. The second kappa shape index (κ2) is 5.72. The third-order valence-electron chi connectivity index (χ3n) is 3.69. The number of hydrogen-bond donors (Lipinski definition) is 1. The van der Waals surface area contributed by atoms with Crippen LogP contribution in [0.2, 0.25) is 10.0 Å². The molecule has 2 N–H and O–H groups in total. The first-order valence-corrected chi connectivity index (χ1v) is 8.72. The zero-order chi connectivity index (χ0) is 15.1. The van der Waals surface area contributed by atoms with Crippen LogP contribution in [0.3, 0.4) is 0 Å². The summed E-state index contributed by atoms with van der Waals surface area (Å²) in [6.07, 6.45) is 2.71. The fraction of sp³-hybridized carbons (Fsp3) is 0.538. The summed E-state index contributed by atoms with van der Waals surface area (Å²) in [4.78, 5) is -0.0378. The quantitative estimate of drug-likeness (QED) is 0.840. The van der Waals surface area contributed by atoms with Gasteiger partial charge in [-0.1, -0.05) is 29.6 Å². The standard InChI is InChI=1S/C13H18Cl2N2O2S/c1-8-4-3-5-9(2)17(8)20(18,19)13-11(15)6-10(14)7-12(13)16/h6-9H,3-5,16H2,1-2H3. The maximum Gasteiger partial charge on any atom is 0.247 e. The molecule has 2 rings (SSSR count). The van der Waals surface area contributed by atoms with Gasteiger partial charge in [0.25, 0.3) is 0 Å².